The van der Waals surface area contributed by atoms with Crippen molar-refractivity contribution in [2.24, 2.45) is 0 Å². The molecule has 3 rings (SSSR count). The maximum absolute atomic E-state index is 13.6. The molecule has 6 nitrogen and oxygen atoms in total. The van der Waals surface area contributed by atoms with Gasteiger partial charge in [0.1, 0.15) is 11.5 Å². The minimum Gasteiger partial charge on any atom is -0.396 e. The Bertz CT molecular complexity index is 958. The van der Waals surface area contributed by atoms with Crippen LogP contribution in [-0.4, -0.2) is 27.9 Å². The summed E-state index contributed by atoms with van der Waals surface area (Å²) < 4.78 is 13.6. The minimum atomic E-state index is -0.463. The van der Waals surface area contributed by atoms with Gasteiger partial charge in [0, 0.05) is 24.4 Å². The van der Waals surface area contributed by atoms with Gasteiger partial charge >= 0.3 is 0 Å². The Morgan fingerprint density at radius 3 is 2.72 bits per heavy atom. The number of nitrogens with one attached hydrogen (secondary N) is 1. The topological polar surface area (TPSA) is 93.8 Å². The molecular formula is C18H16FN5O. The number of pyridine rings is 1. The first kappa shape index (κ1) is 16.5. The van der Waals surface area contributed by atoms with Crippen LogP contribution in [0.25, 0.3) is 22.5 Å². The van der Waals surface area contributed by atoms with Crippen LogP contribution in [0.15, 0.2) is 42.9 Å². The summed E-state index contributed by atoms with van der Waals surface area (Å²) in [5.41, 5.74) is 9.27. The van der Waals surface area contributed by atoms with Crippen LogP contribution < -0.4 is 11.1 Å². The van der Waals surface area contributed by atoms with Crippen molar-refractivity contribution in [2.45, 2.75) is 6.92 Å². The number of aryl methyl sites for hydroxylation is 1. The van der Waals surface area contributed by atoms with Gasteiger partial charge in [-0.1, -0.05) is 0 Å². The van der Waals surface area contributed by atoms with Crippen molar-refractivity contribution in [1.29, 1.82) is 0 Å². The number of nitrogens with two attached hydrogens (primary N) is 1. The summed E-state index contributed by atoms with van der Waals surface area (Å²) in [7, 11) is 1.54. The quantitative estimate of drug-likeness (QED) is 0.717. The van der Waals surface area contributed by atoms with Gasteiger partial charge in [-0.2, -0.15) is 0 Å². The molecule has 0 fully saturated rings. The van der Waals surface area contributed by atoms with Crippen molar-refractivity contribution >= 4 is 11.6 Å². The summed E-state index contributed by atoms with van der Waals surface area (Å²) in [5.74, 6) is -0.747. The van der Waals surface area contributed by atoms with Gasteiger partial charge in [-0.15, -0.1) is 0 Å². The Morgan fingerprint density at radius 1 is 1.20 bits per heavy atom. The molecule has 0 saturated heterocycles. The Labute approximate surface area is 144 Å². The zero-order valence-electron chi connectivity index (χ0n) is 13.7. The molecule has 0 saturated carbocycles. The van der Waals surface area contributed by atoms with Crippen molar-refractivity contribution in [1.82, 2.24) is 20.3 Å². The molecule has 3 aromatic rings. The monoisotopic (exact) mass is 337 g/mol. The number of aromatic nitrogens is 3. The first-order valence-electron chi connectivity index (χ1n) is 7.56. The molecule has 0 atom stereocenters. The molecule has 1 aromatic carbocycles. The SMILES string of the molecule is CNC(=O)c1cc(-c2cncc(-c3cc(N)c(F)cc3C)n2)ccn1. The highest BCUT2D eigenvalue weighted by molar-refractivity contribution is 5.93. The van der Waals surface area contributed by atoms with E-state index in [1.807, 2.05) is 0 Å². The van der Waals surface area contributed by atoms with Gasteiger partial charge in [0.25, 0.3) is 5.91 Å². The summed E-state index contributed by atoms with van der Waals surface area (Å²) >= 11 is 0. The van der Waals surface area contributed by atoms with E-state index < -0.39 is 5.82 Å². The lowest BCUT2D eigenvalue weighted by Gasteiger charge is -2.09. The number of anilines is 1. The lowest BCUT2D eigenvalue weighted by atomic mass is 10.0. The summed E-state index contributed by atoms with van der Waals surface area (Å²) in [5, 5.41) is 2.53. The first-order valence-corrected chi connectivity index (χ1v) is 7.56. The van der Waals surface area contributed by atoms with Crippen LogP contribution in [0.5, 0.6) is 0 Å². The molecule has 0 unspecified atom stereocenters. The Morgan fingerprint density at radius 2 is 1.96 bits per heavy atom. The van der Waals surface area contributed by atoms with Gasteiger partial charge < -0.3 is 11.1 Å². The molecule has 3 N–H and O–H groups in total. The number of rotatable bonds is 3. The Balaban J connectivity index is 2.06. The van der Waals surface area contributed by atoms with Crippen LogP contribution in [-0.2, 0) is 0 Å². The first-order chi connectivity index (χ1) is 12.0. The fourth-order valence-electron chi connectivity index (χ4n) is 2.44. The number of halogens is 1. The molecule has 2 heterocycles. The van der Waals surface area contributed by atoms with Crippen LogP contribution >= 0.6 is 0 Å². The van der Waals surface area contributed by atoms with E-state index in [-0.39, 0.29) is 17.3 Å². The van der Waals surface area contributed by atoms with E-state index in [1.54, 1.807) is 44.6 Å². The molecular weight excluding hydrogens is 321 g/mol. The highest BCUT2D eigenvalue weighted by Gasteiger charge is 2.12. The third kappa shape index (κ3) is 3.30. The summed E-state index contributed by atoms with van der Waals surface area (Å²) in [6, 6.07) is 6.29. The second-order valence-corrected chi connectivity index (χ2v) is 5.49. The number of carbonyl (C=O) groups is 1. The van der Waals surface area contributed by atoms with Crippen LogP contribution in [0, 0.1) is 12.7 Å². The average Bonchev–Trinajstić information content (AvgIpc) is 2.64. The highest BCUT2D eigenvalue weighted by Crippen LogP contribution is 2.27. The van der Waals surface area contributed by atoms with Crippen LogP contribution in [0.2, 0.25) is 0 Å². The molecule has 0 radical (unpaired) electrons. The second-order valence-electron chi connectivity index (χ2n) is 5.49. The van der Waals surface area contributed by atoms with Gasteiger partial charge in [0.05, 0.1) is 29.5 Å². The van der Waals surface area contributed by atoms with Crippen LogP contribution in [0.3, 0.4) is 0 Å². The molecule has 25 heavy (non-hydrogen) atoms. The number of carbonyl (C=O) groups excluding carboxylic acids is 1. The lowest BCUT2D eigenvalue weighted by molar-refractivity contribution is 0.0958. The van der Waals surface area contributed by atoms with Crippen molar-refractivity contribution in [2.75, 3.05) is 12.8 Å². The minimum absolute atomic E-state index is 0.0543. The number of nitrogens with zero attached hydrogens (tertiary/aromatic N) is 3. The average molecular weight is 337 g/mol. The molecule has 126 valence electrons. The van der Waals surface area contributed by atoms with E-state index in [0.717, 1.165) is 0 Å². The number of amides is 1. The largest absolute Gasteiger partial charge is 0.396 e. The van der Waals surface area contributed by atoms with Crippen molar-refractivity contribution in [3.63, 3.8) is 0 Å². The molecule has 0 aliphatic rings. The van der Waals surface area contributed by atoms with Crippen molar-refractivity contribution in [3.05, 3.63) is 59.9 Å². The fourth-order valence-corrected chi connectivity index (χ4v) is 2.44. The third-order valence-electron chi connectivity index (χ3n) is 3.77. The Kier molecular flexibility index (Phi) is 4.38. The lowest BCUT2D eigenvalue weighted by Crippen LogP contribution is -2.19. The molecule has 1 amide bonds. The normalized spacial score (nSPS) is 10.5. The molecule has 0 aliphatic carbocycles. The van der Waals surface area contributed by atoms with E-state index >= 15 is 0 Å². The van der Waals surface area contributed by atoms with E-state index in [9.17, 15) is 9.18 Å². The van der Waals surface area contributed by atoms with Gasteiger partial charge in [0.2, 0.25) is 0 Å². The second kappa shape index (κ2) is 6.64. The van der Waals surface area contributed by atoms with Gasteiger partial charge in [-0.25, -0.2) is 9.37 Å². The van der Waals surface area contributed by atoms with Gasteiger partial charge in [0.15, 0.2) is 0 Å². The van der Waals surface area contributed by atoms with Gasteiger partial charge in [-0.3, -0.25) is 14.8 Å². The molecule has 0 bridgehead atoms. The highest BCUT2D eigenvalue weighted by atomic mass is 19.1. The zero-order valence-corrected chi connectivity index (χ0v) is 13.7. The maximum Gasteiger partial charge on any atom is 0.269 e. The van der Waals surface area contributed by atoms with Crippen molar-refractivity contribution in [3.8, 4) is 22.5 Å². The standard InChI is InChI=1S/C18H16FN5O/c1-10-5-13(19)14(20)7-12(10)17-9-22-8-16(24-17)11-3-4-23-15(6-11)18(25)21-2/h3-9H,20H2,1-2H3,(H,21,25). The predicted octanol–water partition coefficient (Wildman–Crippen LogP) is 2.59. The van der Waals surface area contributed by atoms with E-state index in [1.165, 1.54) is 12.3 Å². The smallest absolute Gasteiger partial charge is 0.269 e. The number of hydrogen-bond acceptors (Lipinski definition) is 5. The third-order valence-corrected chi connectivity index (χ3v) is 3.77. The fraction of sp³-hybridized carbons (Fsp3) is 0.111. The van der Waals surface area contributed by atoms with Crippen LogP contribution in [0.1, 0.15) is 16.1 Å². The van der Waals surface area contributed by atoms with Gasteiger partial charge in [-0.05, 0) is 36.8 Å². The summed E-state index contributed by atoms with van der Waals surface area (Å²) in [6.45, 7) is 1.78. The van der Waals surface area contributed by atoms with Crippen LogP contribution in [0.4, 0.5) is 10.1 Å². The van der Waals surface area contributed by atoms with E-state index in [4.69, 9.17) is 5.73 Å². The van der Waals surface area contributed by atoms with E-state index in [0.29, 0.717) is 28.1 Å². The van der Waals surface area contributed by atoms with Crippen molar-refractivity contribution < 1.29 is 9.18 Å². The number of nitrogen functional groups attached to an aromatic ring is 1. The summed E-state index contributed by atoms with van der Waals surface area (Å²) in [6.07, 6.45) is 4.72. The molecule has 7 heteroatoms. The maximum atomic E-state index is 13.6. The summed E-state index contributed by atoms with van der Waals surface area (Å²) in [4.78, 5) is 24.6. The number of hydrogen-bond donors (Lipinski definition) is 2. The number of benzene rings is 1. The molecule has 0 spiro atoms. The van der Waals surface area contributed by atoms with E-state index in [2.05, 4.69) is 20.3 Å². The molecule has 0 aliphatic heterocycles. The molecule has 2 aromatic heterocycles. The zero-order chi connectivity index (χ0) is 18.0. The Hall–Kier alpha value is -3.35. The predicted molar refractivity (Wildman–Crippen MR) is 93.2 cm³/mol.